The monoisotopic (exact) mass is 300 g/mol. The highest BCUT2D eigenvalue weighted by atomic mass is 35.5. The number of benzene rings is 1. The molecule has 0 amide bonds. The fourth-order valence-corrected chi connectivity index (χ4v) is 4.50. The lowest BCUT2D eigenvalue weighted by Gasteiger charge is -2.10. The number of nitrogen functional groups attached to an aromatic ring is 1. The second-order valence-electron chi connectivity index (χ2n) is 5.11. The number of anilines is 1. The number of rotatable bonds is 1. The molecule has 0 saturated heterocycles. The first-order valence-electron chi connectivity index (χ1n) is 6.69. The molecule has 0 bridgehead atoms. The zero-order valence-electron chi connectivity index (χ0n) is 10.8. The van der Waals surface area contributed by atoms with Gasteiger partial charge in [0.25, 0.3) is 0 Å². The number of thiophene rings is 1. The number of nitrogens with zero attached hydrogens (tertiary/aromatic N) is 1. The molecule has 1 aliphatic rings. The van der Waals surface area contributed by atoms with E-state index in [4.69, 9.17) is 17.3 Å². The van der Waals surface area contributed by atoms with E-state index < -0.39 is 0 Å². The molecule has 0 spiro atoms. The minimum absolute atomic E-state index is 0.707. The van der Waals surface area contributed by atoms with E-state index in [-0.39, 0.29) is 0 Å². The summed E-state index contributed by atoms with van der Waals surface area (Å²) in [6.45, 7) is 0. The number of nitrogens with two attached hydrogens (primary N) is 1. The van der Waals surface area contributed by atoms with Crippen molar-refractivity contribution in [1.29, 1.82) is 0 Å². The Bertz CT molecular complexity index is 823. The molecule has 4 rings (SSSR count). The molecule has 0 radical (unpaired) electrons. The first kappa shape index (κ1) is 12.2. The Hall–Kier alpha value is -1.58. The predicted molar refractivity (Wildman–Crippen MR) is 86.5 cm³/mol. The van der Waals surface area contributed by atoms with Crippen LogP contribution in [0, 0.1) is 0 Å². The van der Waals surface area contributed by atoms with Crippen molar-refractivity contribution in [1.82, 2.24) is 4.98 Å². The second kappa shape index (κ2) is 4.47. The molecule has 4 heteroatoms. The lowest BCUT2D eigenvalue weighted by molar-refractivity contribution is 0.917. The SMILES string of the molecule is Nc1cnc2sc3c(c2c1-c1ccccc1Cl)CCC3. The Balaban J connectivity index is 2.13. The van der Waals surface area contributed by atoms with Gasteiger partial charge in [-0.2, -0.15) is 0 Å². The third-order valence-electron chi connectivity index (χ3n) is 3.91. The molecule has 2 N–H and O–H groups in total. The molecule has 1 aliphatic carbocycles. The van der Waals surface area contributed by atoms with Gasteiger partial charge in [0.15, 0.2) is 0 Å². The summed E-state index contributed by atoms with van der Waals surface area (Å²) in [6.07, 6.45) is 5.27. The molecule has 0 saturated carbocycles. The van der Waals surface area contributed by atoms with Gasteiger partial charge in [0.1, 0.15) is 4.83 Å². The average Bonchev–Trinajstić information content (AvgIpc) is 3.01. The number of aryl methyl sites for hydroxylation is 2. The lowest BCUT2D eigenvalue weighted by atomic mass is 9.99. The van der Waals surface area contributed by atoms with Gasteiger partial charge in [0.05, 0.1) is 11.9 Å². The smallest absolute Gasteiger partial charge is 0.124 e. The van der Waals surface area contributed by atoms with Crippen LogP contribution in [-0.2, 0) is 12.8 Å². The van der Waals surface area contributed by atoms with Gasteiger partial charge in [-0.3, -0.25) is 0 Å². The summed E-state index contributed by atoms with van der Waals surface area (Å²) in [5, 5.41) is 1.96. The maximum atomic E-state index is 6.38. The number of fused-ring (bicyclic) bond motifs is 3. The van der Waals surface area contributed by atoms with E-state index in [2.05, 4.69) is 4.98 Å². The van der Waals surface area contributed by atoms with Gasteiger partial charge in [-0.1, -0.05) is 29.8 Å². The van der Waals surface area contributed by atoms with Crippen molar-refractivity contribution >= 4 is 38.8 Å². The lowest BCUT2D eigenvalue weighted by Crippen LogP contribution is -1.94. The Morgan fingerprint density at radius 2 is 2.05 bits per heavy atom. The van der Waals surface area contributed by atoms with E-state index >= 15 is 0 Å². The van der Waals surface area contributed by atoms with Crippen molar-refractivity contribution in [2.24, 2.45) is 0 Å². The third-order valence-corrected chi connectivity index (χ3v) is 5.43. The van der Waals surface area contributed by atoms with Crippen LogP contribution < -0.4 is 5.73 Å². The summed E-state index contributed by atoms with van der Waals surface area (Å²) < 4.78 is 0. The molecular formula is C16H13ClN2S. The van der Waals surface area contributed by atoms with Crippen LogP contribution in [0.25, 0.3) is 21.3 Å². The summed E-state index contributed by atoms with van der Waals surface area (Å²) in [6, 6.07) is 7.89. The number of pyridine rings is 1. The van der Waals surface area contributed by atoms with Gasteiger partial charge in [-0.25, -0.2) is 4.98 Å². The fraction of sp³-hybridized carbons (Fsp3) is 0.188. The van der Waals surface area contributed by atoms with Crippen LogP contribution in [-0.4, -0.2) is 4.98 Å². The van der Waals surface area contributed by atoms with Crippen LogP contribution in [0.3, 0.4) is 0 Å². The standard InChI is InChI=1S/C16H13ClN2S/c17-11-6-2-1-4-9(11)14-12(18)8-19-16-15(14)10-5-3-7-13(10)20-16/h1-2,4,6,8H,3,5,7,18H2. The van der Waals surface area contributed by atoms with E-state index in [1.807, 2.05) is 24.3 Å². The van der Waals surface area contributed by atoms with E-state index in [0.29, 0.717) is 5.69 Å². The third kappa shape index (κ3) is 1.67. The fourth-order valence-electron chi connectivity index (χ4n) is 3.03. The molecule has 2 nitrogen and oxygen atoms in total. The molecule has 0 atom stereocenters. The van der Waals surface area contributed by atoms with Crippen LogP contribution in [0.4, 0.5) is 5.69 Å². The number of hydrogen-bond donors (Lipinski definition) is 1. The van der Waals surface area contributed by atoms with Crippen molar-refractivity contribution in [3.8, 4) is 11.1 Å². The molecule has 0 aliphatic heterocycles. The summed E-state index contributed by atoms with van der Waals surface area (Å²) in [7, 11) is 0. The first-order valence-corrected chi connectivity index (χ1v) is 7.89. The van der Waals surface area contributed by atoms with Gasteiger partial charge < -0.3 is 5.73 Å². The van der Waals surface area contributed by atoms with Gasteiger partial charge in [-0.15, -0.1) is 11.3 Å². The van der Waals surface area contributed by atoms with Gasteiger partial charge in [0.2, 0.25) is 0 Å². The molecule has 20 heavy (non-hydrogen) atoms. The maximum absolute atomic E-state index is 6.38. The molecular weight excluding hydrogens is 288 g/mol. The summed E-state index contributed by atoms with van der Waals surface area (Å²) in [5.74, 6) is 0. The highest BCUT2D eigenvalue weighted by Crippen LogP contribution is 2.44. The summed E-state index contributed by atoms with van der Waals surface area (Å²) >= 11 is 8.18. The first-order chi connectivity index (χ1) is 9.75. The van der Waals surface area contributed by atoms with Crippen LogP contribution in [0.1, 0.15) is 16.9 Å². The Morgan fingerprint density at radius 1 is 1.20 bits per heavy atom. The molecule has 1 aromatic carbocycles. The Morgan fingerprint density at radius 3 is 2.90 bits per heavy atom. The molecule has 100 valence electrons. The van der Waals surface area contributed by atoms with Gasteiger partial charge in [-0.05, 0) is 30.9 Å². The minimum Gasteiger partial charge on any atom is -0.397 e. The van der Waals surface area contributed by atoms with Crippen molar-refractivity contribution < 1.29 is 0 Å². The van der Waals surface area contributed by atoms with Crippen molar-refractivity contribution in [3.63, 3.8) is 0 Å². The minimum atomic E-state index is 0.707. The quantitative estimate of drug-likeness (QED) is 0.708. The number of hydrogen-bond acceptors (Lipinski definition) is 3. The number of halogens is 1. The molecule has 2 heterocycles. The van der Waals surface area contributed by atoms with E-state index in [1.165, 1.54) is 22.2 Å². The zero-order valence-corrected chi connectivity index (χ0v) is 12.4. The predicted octanol–water partition coefficient (Wildman–Crippen LogP) is 4.69. The second-order valence-corrected chi connectivity index (χ2v) is 6.60. The van der Waals surface area contributed by atoms with Gasteiger partial charge >= 0.3 is 0 Å². The zero-order chi connectivity index (χ0) is 13.7. The normalized spacial score (nSPS) is 13.8. The molecule has 0 unspecified atom stereocenters. The van der Waals surface area contributed by atoms with Crippen molar-refractivity contribution in [2.75, 3.05) is 5.73 Å². The summed E-state index contributed by atoms with van der Waals surface area (Å²) in [4.78, 5) is 7.06. The highest BCUT2D eigenvalue weighted by Gasteiger charge is 2.23. The van der Waals surface area contributed by atoms with Crippen LogP contribution in [0.15, 0.2) is 30.5 Å². The largest absolute Gasteiger partial charge is 0.397 e. The summed E-state index contributed by atoms with van der Waals surface area (Å²) in [5.41, 5.74) is 10.4. The molecule has 0 fully saturated rings. The van der Waals surface area contributed by atoms with Crippen molar-refractivity contribution in [2.45, 2.75) is 19.3 Å². The van der Waals surface area contributed by atoms with Crippen LogP contribution in [0.2, 0.25) is 5.02 Å². The van der Waals surface area contributed by atoms with E-state index in [1.54, 1.807) is 17.5 Å². The van der Waals surface area contributed by atoms with Gasteiger partial charge in [0, 0.05) is 26.4 Å². The van der Waals surface area contributed by atoms with Crippen LogP contribution in [0.5, 0.6) is 0 Å². The van der Waals surface area contributed by atoms with Crippen molar-refractivity contribution in [3.05, 3.63) is 45.9 Å². The van der Waals surface area contributed by atoms with E-state index in [0.717, 1.165) is 33.8 Å². The maximum Gasteiger partial charge on any atom is 0.124 e. The number of aromatic nitrogens is 1. The topological polar surface area (TPSA) is 38.9 Å². The highest BCUT2D eigenvalue weighted by molar-refractivity contribution is 7.19. The molecule has 3 aromatic rings. The Kier molecular flexibility index (Phi) is 2.72. The molecule has 2 aromatic heterocycles. The van der Waals surface area contributed by atoms with Crippen LogP contribution >= 0.6 is 22.9 Å². The Labute approximate surface area is 126 Å². The van der Waals surface area contributed by atoms with E-state index in [9.17, 15) is 0 Å². The average molecular weight is 301 g/mol.